The Balaban J connectivity index is 2.42. The summed E-state index contributed by atoms with van der Waals surface area (Å²) in [6, 6.07) is 3.62. The van der Waals surface area contributed by atoms with E-state index in [9.17, 15) is 0 Å². The number of anilines is 1. The van der Waals surface area contributed by atoms with E-state index < -0.39 is 0 Å². The summed E-state index contributed by atoms with van der Waals surface area (Å²) in [5, 5.41) is 3.96. The molecule has 78 valence electrons. The van der Waals surface area contributed by atoms with Crippen LogP contribution in [0.5, 0.6) is 5.75 Å². The van der Waals surface area contributed by atoms with Crippen molar-refractivity contribution in [3.05, 3.63) is 24.7 Å². The van der Waals surface area contributed by atoms with Crippen LogP contribution in [0.4, 0.5) is 5.95 Å². The van der Waals surface area contributed by atoms with Crippen LogP contribution in [0.2, 0.25) is 0 Å². The highest BCUT2D eigenvalue weighted by atomic mass is 16.5. The number of nitrogens with two attached hydrogens (primary N) is 1. The topological polar surface area (TPSA) is 78.8 Å². The minimum Gasteiger partial charge on any atom is -0.490 e. The van der Waals surface area contributed by atoms with Crippen molar-refractivity contribution < 1.29 is 4.74 Å². The Morgan fingerprint density at radius 1 is 1.47 bits per heavy atom. The van der Waals surface area contributed by atoms with E-state index >= 15 is 0 Å². The van der Waals surface area contributed by atoms with Crippen molar-refractivity contribution in [3.63, 3.8) is 0 Å². The average molecular weight is 205 g/mol. The van der Waals surface area contributed by atoms with E-state index in [0.29, 0.717) is 18.2 Å². The van der Waals surface area contributed by atoms with Gasteiger partial charge in [0.15, 0.2) is 11.6 Å². The molecule has 0 unspecified atom stereocenters. The minimum atomic E-state index is 0.211. The molecular formula is C9H11N5O. The maximum atomic E-state index is 5.43. The van der Waals surface area contributed by atoms with Crippen LogP contribution < -0.4 is 10.5 Å². The lowest BCUT2D eigenvalue weighted by atomic mass is 10.4. The van der Waals surface area contributed by atoms with Gasteiger partial charge in [-0.05, 0) is 19.1 Å². The van der Waals surface area contributed by atoms with Gasteiger partial charge in [-0.3, -0.25) is 0 Å². The molecule has 0 amide bonds. The predicted octanol–water partition coefficient (Wildman–Crippen LogP) is 0.643. The lowest BCUT2D eigenvalue weighted by Crippen LogP contribution is -2.03. The predicted molar refractivity (Wildman–Crippen MR) is 54.7 cm³/mol. The quantitative estimate of drug-likeness (QED) is 0.795. The summed E-state index contributed by atoms with van der Waals surface area (Å²) in [5.74, 6) is 1.46. The summed E-state index contributed by atoms with van der Waals surface area (Å²) in [5.41, 5.74) is 5.43. The minimum absolute atomic E-state index is 0.211. The largest absolute Gasteiger partial charge is 0.490 e. The molecule has 2 rings (SSSR count). The number of pyridine rings is 1. The molecule has 2 N–H and O–H groups in total. The fraction of sp³-hybridized carbons (Fsp3) is 0.222. The zero-order valence-corrected chi connectivity index (χ0v) is 8.29. The normalized spacial score (nSPS) is 10.2. The second kappa shape index (κ2) is 3.95. The molecule has 0 aliphatic rings. The summed E-state index contributed by atoms with van der Waals surface area (Å²) in [7, 11) is 0. The zero-order chi connectivity index (χ0) is 10.7. The third-order valence-corrected chi connectivity index (χ3v) is 1.78. The van der Waals surface area contributed by atoms with Gasteiger partial charge in [-0.25, -0.2) is 9.97 Å². The van der Waals surface area contributed by atoms with Crippen LogP contribution in [0.3, 0.4) is 0 Å². The van der Waals surface area contributed by atoms with Crippen LogP contribution in [0.25, 0.3) is 5.82 Å². The molecule has 0 aliphatic heterocycles. The van der Waals surface area contributed by atoms with Crippen LogP contribution in [-0.2, 0) is 0 Å². The van der Waals surface area contributed by atoms with E-state index in [0.717, 1.165) is 0 Å². The van der Waals surface area contributed by atoms with Crippen molar-refractivity contribution in [2.75, 3.05) is 12.3 Å². The number of nitrogens with zero attached hydrogens (tertiary/aromatic N) is 4. The number of aromatic nitrogens is 4. The molecule has 6 heteroatoms. The van der Waals surface area contributed by atoms with Gasteiger partial charge in [-0.2, -0.15) is 4.68 Å². The van der Waals surface area contributed by atoms with E-state index in [2.05, 4.69) is 15.1 Å². The lowest BCUT2D eigenvalue weighted by Gasteiger charge is -2.07. The molecule has 0 spiro atoms. The molecule has 0 radical (unpaired) electrons. The number of ether oxygens (including phenoxy) is 1. The highest BCUT2D eigenvalue weighted by Gasteiger charge is 2.07. The Bertz CT molecular complexity index is 453. The fourth-order valence-electron chi connectivity index (χ4n) is 1.20. The van der Waals surface area contributed by atoms with Crippen molar-refractivity contribution in [1.82, 2.24) is 19.7 Å². The molecule has 0 fully saturated rings. The van der Waals surface area contributed by atoms with Crippen LogP contribution in [-0.4, -0.2) is 26.4 Å². The third-order valence-electron chi connectivity index (χ3n) is 1.78. The Labute approximate surface area is 86.7 Å². The number of nitrogen functional groups attached to an aromatic ring is 1. The standard InChI is InChI=1S/C9H11N5O/c1-2-15-7-4-3-5-11-8(7)14-6-12-9(10)13-14/h3-6H,2H2,1H3,(H2,10,13). The first-order chi connectivity index (χ1) is 7.31. The van der Waals surface area contributed by atoms with Gasteiger partial charge in [0.1, 0.15) is 6.33 Å². The molecule has 2 heterocycles. The third kappa shape index (κ3) is 1.88. The Morgan fingerprint density at radius 2 is 2.33 bits per heavy atom. The molecule has 0 bridgehead atoms. The number of hydrogen-bond donors (Lipinski definition) is 1. The first kappa shape index (κ1) is 9.45. The average Bonchev–Trinajstić information content (AvgIpc) is 2.66. The maximum Gasteiger partial charge on any atom is 0.239 e. The molecule has 0 aromatic carbocycles. The van der Waals surface area contributed by atoms with Crippen molar-refractivity contribution in [1.29, 1.82) is 0 Å². The zero-order valence-electron chi connectivity index (χ0n) is 8.29. The summed E-state index contributed by atoms with van der Waals surface area (Å²) >= 11 is 0. The summed E-state index contributed by atoms with van der Waals surface area (Å²) in [6.07, 6.45) is 3.16. The van der Waals surface area contributed by atoms with Crippen molar-refractivity contribution in [2.45, 2.75) is 6.92 Å². The van der Waals surface area contributed by atoms with Crippen molar-refractivity contribution in [3.8, 4) is 11.6 Å². The highest BCUT2D eigenvalue weighted by Crippen LogP contribution is 2.18. The number of hydrogen-bond acceptors (Lipinski definition) is 5. The van der Waals surface area contributed by atoms with Gasteiger partial charge in [0.25, 0.3) is 0 Å². The SMILES string of the molecule is CCOc1cccnc1-n1cnc(N)n1. The highest BCUT2D eigenvalue weighted by molar-refractivity contribution is 5.39. The molecule has 2 aromatic heterocycles. The monoisotopic (exact) mass is 205 g/mol. The number of rotatable bonds is 3. The van der Waals surface area contributed by atoms with Gasteiger partial charge in [0, 0.05) is 6.20 Å². The second-order valence-electron chi connectivity index (χ2n) is 2.81. The van der Waals surface area contributed by atoms with E-state index in [1.807, 2.05) is 13.0 Å². The van der Waals surface area contributed by atoms with E-state index in [-0.39, 0.29) is 5.95 Å². The smallest absolute Gasteiger partial charge is 0.239 e. The van der Waals surface area contributed by atoms with Crippen LogP contribution in [0, 0.1) is 0 Å². The van der Waals surface area contributed by atoms with Gasteiger partial charge in [-0.15, -0.1) is 5.10 Å². The van der Waals surface area contributed by atoms with Gasteiger partial charge in [0.05, 0.1) is 6.61 Å². The van der Waals surface area contributed by atoms with Gasteiger partial charge < -0.3 is 10.5 Å². The molecule has 0 aliphatic carbocycles. The van der Waals surface area contributed by atoms with E-state index in [4.69, 9.17) is 10.5 Å². The lowest BCUT2D eigenvalue weighted by molar-refractivity contribution is 0.336. The van der Waals surface area contributed by atoms with Gasteiger partial charge in [-0.1, -0.05) is 0 Å². The molecular weight excluding hydrogens is 194 g/mol. The molecule has 15 heavy (non-hydrogen) atoms. The summed E-state index contributed by atoms with van der Waals surface area (Å²) < 4.78 is 6.90. The molecule has 2 aromatic rings. The van der Waals surface area contributed by atoms with Gasteiger partial charge in [0.2, 0.25) is 5.95 Å². The summed E-state index contributed by atoms with van der Waals surface area (Å²) in [4.78, 5) is 7.99. The Hall–Kier alpha value is -2.11. The van der Waals surface area contributed by atoms with Crippen LogP contribution >= 0.6 is 0 Å². The first-order valence-corrected chi connectivity index (χ1v) is 4.56. The molecule has 6 nitrogen and oxygen atoms in total. The van der Waals surface area contributed by atoms with Crippen LogP contribution in [0.15, 0.2) is 24.7 Å². The molecule has 0 atom stereocenters. The van der Waals surface area contributed by atoms with Crippen LogP contribution in [0.1, 0.15) is 6.92 Å². The van der Waals surface area contributed by atoms with Crippen molar-refractivity contribution >= 4 is 5.95 Å². The van der Waals surface area contributed by atoms with Crippen molar-refractivity contribution in [2.24, 2.45) is 0 Å². The maximum absolute atomic E-state index is 5.43. The second-order valence-corrected chi connectivity index (χ2v) is 2.81. The van der Waals surface area contributed by atoms with E-state index in [1.165, 1.54) is 11.0 Å². The molecule has 0 saturated carbocycles. The Kier molecular flexibility index (Phi) is 2.49. The molecule has 0 saturated heterocycles. The summed E-state index contributed by atoms with van der Waals surface area (Å²) in [6.45, 7) is 2.48. The Morgan fingerprint density at radius 3 is 3.00 bits per heavy atom. The fourth-order valence-corrected chi connectivity index (χ4v) is 1.20. The van der Waals surface area contributed by atoms with Gasteiger partial charge >= 0.3 is 0 Å². The first-order valence-electron chi connectivity index (χ1n) is 4.56. The van der Waals surface area contributed by atoms with E-state index in [1.54, 1.807) is 12.3 Å².